The molecule has 26 heavy (non-hydrogen) atoms. The van der Waals surface area contributed by atoms with Crippen molar-refractivity contribution in [3.05, 3.63) is 52.9 Å². The summed E-state index contributed by atoms with van der Waals surface area (Å²) < 4.78 is 7.30. The summed E-state index contributed by atoms with van der Waals surface area (Å²) in [6, 6.07) is 11.8. The highest BCUT2D eigenvalue weighted by Gasteiger charge is 2.15. The Balaban J connectivity index is 2.39. The Morgan fingerprint density at radius 2 is 2.00 bits per heavy atom. The van der Waals surface area contributed by atoms with Crippen LogP contribution in [0, 0.1) is 25.2 Å². The Labute approximate surface area is 154 Å². The number of rotatable bonds is 6. The largest absolute Gasteiger partial charge is 0.497 e. The second-order valence-electron chi connectivity index (χ2n) is 6.31. The number of aryl methyl sites for hydroxylation is 1. The molecule has 1 aromatic carbocycles. The van der Waals surface area contributed by atoms with Crippen LogP contribution in [0.2, 0.25) is 0 Å². The van der Waals surface area contributed by atoms with E-state index in [0.29, 0.717) is 0 Å². The van der Waals surface area contributed by atoms with Crippen LogP contribution < -0.4 is 10.1 Å². The van der Waals surface area contributed by atoms with Crippen LogP contribution in [0.1, 0.15) is 37.2 Å². The van der Waals surface area contributed by atoms with Crippen molar-refractivity contribution in [2.75, 3.05) is 7.11 Å². The first kappa shape index (κ1) is 19.3. The van der Waals surface area contributed by atoms with Gasteiger partial charge in [-0.1, -0.05) is 6.92 Å². The maximum atomic E-state index is 12.3. The number of hydrogen-bond acceptors (Lipinski definition) is 3. The highest BCUT2D eigenvalue weighted by Crippen LogP contribution is 2.24. The fourth-order valence-corrected chi connectivity index (χ4v) is 2.77. The average molecular weight is 351 g/mol. The van der Waals surface area contributed by atoms with Gasteiger partial charge in [0.2, 0.25) is 0 Å². The van der Waals surface area contributed by atoms with Crippen LogP contribution in [-0.2, 0) is 4.79 Å². The van der Waals surface area contributed by atoms with Gasteiger partial charge in [0.1, 0.15) is 17.4 Å². The van der Waals surface area contributed by atoms with E-state index >= 15 is 0 Å². The van der Waals surface area contributed by atoms with Gasteiger partial charge in [-0.25, -0.2) is 0 Å². The number of ether oxygens (including phenoxy) is 1. The number of amides is 1. The zero-order chi connectivity index (χ0) is 19.3. The van der Waals surface area contributed by atoms with Crippen molar-refractivity contribution in [1.29, 1.82) is 5.26 Å². The molecule has 1 atom stereocenters. The number of nitrogens with one attached hydrogen (secondary N) is 1. The minimum Gasteiger partial charge on any atom is -0.497 e. The van der Waals surface area contributed by atoms with Crippen molar-refractivity contribution in [2.45, 2.75) is 40.2 Å². The van der Waals surface area contributed by atoms with Gasteiger partial charge < -0.3 is 14.6 Å². The molecule has 1 aromatic heterocycles. The van der Waals surface area contributed by atoms with E-state index in [9.17, 15) is 10.1 Å². The number of benzene rings is 1. The quantitative estimate of drug-likeness (QED) is 0.633. The van der Waals surface area contributed by atoms with Crippen molar-refractivity contribution in [1.82, 2.24) is 9.88 Å². The molecule has 2 rings (SSSR count). The first-order chi connectivity index (χ1) is 12.4. The molecule has 0 radical (unpaired) electrons. The predicted molar refractivity (Wildman–Crippen MR) is 103 cm³/mol. The van der Waals surface area contributed by atoms with Crippen LogP contribution >= 0.6 is 0 Å². The summed E-state index contributed by atoms with van der Waals surface area (Å²) in [4.78, 5) is 12.3. The average Bonchev–Trinajstić information content (AvgIpc) is 2.92. The maximum absolute atomic E-state index is 12.3. The van der Waals surface area contributed by atoms with Gasteiger partial charge >= 0.3 is 0 Å². The summed E-state index contributed by atoms with van der Waals surface area (Å²) in [6.45, 7) is 7.89. The van der Waals surface area contributed by atoms with Gasteiger partial charge in [0.15, 0.2) is 0 Å². The highest BCUT2D eigenvalue weighted by molar-refractivity contribution is 6.02. The van der Waals surface area contributed by atoms with E-state index < -0.39 is 0 Å². The van der Waals surface area contributed by atoms with Crippen molar-refractivity contribution >= 4 is 12.0 Å². The van der Waals surface area contributed by atoms with Gasteiger partial charge in [-0.15, -0.1) is 0 Å². The predicted octanol–water partition coefficient (Wildman–Crippen LogP) is 3.92. The third-order valence-corrected chi connectivity index (χ3v) is 4.46. The molecule has 0 fully saturated rings. The van der Waals surface area contributed by atoms with E-state index in [1.807, 2.05) is 64.1 Å². The first-order valence-electron chi connectivity index (χ1n) is 8.67. The lowest BCUT2D eigenvalue weighted by atomic mass is 10.1. The molecule has 0 aliphatic rings. The summed E-state index contributed by atoms with van der Waals surface area (Å²) in [5.74, 6) is 0.459. The van der Waals surface area contributed by atoms with Gasteiger partial charge in [-0.05, 0) is 69.2 Å². The van der Waals surface area contributed by atoms with Crippen LogP contribution in [0.3, 0.4) is 0 Å². The van der Waals surface area contributed by atoms with Crippen LogP contribution in [0.15, 0.2) is 35.9 Å². The van der Waals surface area contributed by atoms with E-state index in [4.69, 9.17) is 4.74 Å². The summed E-state index contributed by atoms with van der Waals surface area (Å²) in [7, 11) is 1.64. The summed E-state index contributed by atoms with van der Waals surface area (Å²) in [6.07, 6.45) is 2.47. The van der Waals surface area contributed by atoms with E-state index in [1.165, 1.54) is 0 Å². The van der Waals surface area contributed by atoms with Crippen LogP contribution in [0.25, 0.3) is 11.8 Å². The zero-order valence-corrected chi connectivity index (χ0v) is 16.0. The fraction of sp³-hybridized carbons (Fsp3) is 0.333. The number of carbonyl (C=O) groups is 1. The molecular weight excluding hydrogens is 326 g/mol. The molecule has 1 amide bonds. The number of carbonyl (C=O) groups excluding carboxylic acids is 1. The van der Waals surface area contributed by atoms with Crippen molar-refractivity contribution in [2.24, 2.45) is 0 Å². The monoisotopic (exact) mass is 351 g/mol. The van der Waals surface area contributed by atoms with Crippen molar-refractivity contribution in [3.63, 3.8) is 0 Å². The molecule has 1 heterocycles. The number of nitriles is 1. The molecule has 0 aliphatic carbocycles. The second kappa shape index (κ2) is 8.39. The Bertz CT molecular complexity index is 855. The molecule has 0 bridgehead atoms. The number of hydrogen-bond donors (Lipinski definition) is 1. The highest BCUT2D eigenvalue weighted by atomic mass is 16.5. The third-order valence-electron chi connectivity index (χ3n) is 4.46. The maximum Gasteiger partial charge on any atom is 0.262 e. The molecular formula is C21H25N3O2. The van der Waals surface area contributed by atoms with Gasteiger partial charge in [0.05, 0.1) is 7.11 Å². The molecule has 5 heteroatoms. The van der Waals surface area contributed by atoms with Crippen LogP contribution in [0.5, 0.6) is 5.75 Å². The smallest absolute Gasteiger partial charge is 0.262 e. The van der Waals surface area contributed by atoms with Gasteiger partial charge in [0.25, 0.3) is 5.91 Å². The lowest BCUT2D eigenvalue weighted by Gasteiger charge is -2.11. The molecule has 1 unspecified atom stereocenters. The van der Waals surface area contributed by atoms with Gasteiger partial charge in [0, 0.05) is 23.1 Å². The van der Waals surface area contributed by atoms with Crippen molar-refractivity contribution in [3.8, 4) is 17.5 Å². The molecule has 0 aliphatic heterocycles. The topological polar surface area (TPSA) is 67.0 Å². The number of methoxy groups -OCH3 is 1. The van der Waals surface area contributed by atoms with Crippen LogP contribution in [-0.4, -0.2) is 23.6 Å². The molecule has 1 N–H and O–H groups in total. The normalized spacial score (nSPS) is 12.4. The Hall–Kier alpha value is -3.00. The number of aromatic nitrogens is 1. The standard InChI is InChI=1S/C21H25N3O2/c1-6-14(2)23-21(25)18(13-22)12-17-11-15(3)24(16(17)4)19-7-9-20(26-5)10-8-19/h7-12,14H,6H2,1-5H3,(H,23,25)/b18-12+. The van der Waals surface area contributed by atoms with Gasteiger partial charge in [-0.2, -0.15) is 5.26 Å². The Morgan fingerprint density at radius 3 is 2.54 bits per heavy atom. The fourth-order valence-electron chi connectivity index (χ4n) is 2.77. The minimum atomic E-state index is -0.337. The number of nitrogens with zero attached hydrogens (tertiary/aromatic N) is 2. The molecule has 5 nitrogen and oxygen atoms in total. The van der Waals surface area contributed by atoms with Gasteiger partial charge in [-0.3, -0.25) is 4.79 Å². The Morgan fingerprint density at radius 1 is 1.35 bits per heavy atom. The third kappa shape index (κ3) is 4.15. The molecule has 0 saturated carbocycles. The first-order valence-corrected chi connectivity index (χ1v) is 8.67. The SMILES string of the molecule is CCC(C)NC(=O)/C(C#N)=C/c1cc(C)n(-c2ccc(OC)cc2)c1C. The van der Waals surface area contributed by atoms with E-state index in [0.717, 1.165) is 34.8 Å². The molecule has 0 spiro atoms. The lowest BCUT2D eigenvalue weighted by molar-refractivity contribution is -0.117. The molecule has 0 saturated heterocycles. The molecule has 2 aromatic rings. The van der Waals surface area contributed by atoms with Crippen LogP contribution in [0.4, 0.5) is 0 Å². The zero-order valence-electron chi connectivity index (χ0n) is 16.0. The summed E-state index contributed by atoms with van der Waals surface area (Å²) in [5, 5.41) is 12.2. The Kier molecular flexibility index (Phi) is 6.24. The van der Waals surface area contributed by atoms with E-state index in [1.54, 1.807) is 13.2 Å². The lowest BCUT2D eigenvalue weighted by Crippen LogP contribution is -2.32. The van der Waals surface area contributed by atoms with E-state index in [-0.39, 0.29) is 17.5 Å². The molecule has 136 valence electrons. The second-order valence-corrected chi connectivity index (χ2v) is 6.31. The summed E-state index contributed by atoms with van der Waals surface area (Å²) in [5.41, 5.74) is 3.97. The van der Waals surface area contributed by atoms with E-state index in [2.05, 4.69) is 9.88 Å². The summed E-state index contributed by atoms with van der Waals surface area (Å²) >= 11 is 0. The minimum absolute atomic E-state index is 0.0333. The van der Waals surface area contributed by atoms with Crippen molar-refractivity contribution < 1.29 is 9.53 Å².